The van der Waals surface area contributed by atoms with Crippen LogP contribution in [0, 0.1) is 0 Å². The first-order valence-corrected chi connectivity index (χ1v) is 48.8. The van der Waals surface area contributed by atoms with E-state index in [2.05, 4.69) is 444 Å². The molecule has 0 N–H and O–H groups in total. The molecule has 0 spiro atoms. The molecular weight excluding hydrogens is 1740 g/mol. The van der Waals surface area contributed by atoms with Gasteiger partial charge in [-0.25, -0.2) is 34.9 Å². The lowest BCUT2D eigenvalue weighted by Gasteiger charge is -2.12. The number of para-hydroxylation sites is 3. The van der Waals surface area contributed by atoms with Gasteiger partial charge < -0.3 is 4.57 Å². The third kappa shape index (κ3) is 12.8. The van der Waals surface area contributed by atoms with Gasteiger partial charge in [0.15, 0.2) is 17.5 Å². The molecule has 21 aromatic carbocycles. The number of fused-ring (bicyclic) bond motifs is 28. The predicted octanol–water partition coefficient (Wildman–Crippen LogP) is 34.1. The number of thiophene rings is 3. The van der Waals surface area contributed by atoms with Gasteiger partial charge in [-0.3, -0.25) is 9.13 Å². The van der Waals surface area contributed by atoms with Crippen molar-refractivity contribution in [3.8, 4) is 85.4 Å². The van der Waals surface area contributed by atoms with E-state index >= 15 is 0 Å². The van der Waals surface area contributed by atoms with Gasteiger partial charge in [0.2, 0.25) is 11.9 Å². The van der Waals surface area contributed by atoms with Gasteiger partial charge in [0.25, 0.3) is 0 Å². The summed E-state index contributed by atoms with van der Waals surface area (Å²) in [6.45, 7) is 0. The highest BCUT2D eigenvalue weighted by molar-refractivity contribution is 7.27. The van der Waals surface area contributed by atoms with Gasteiger partial charge in [-0.05, 0) is 169 Å². The number of aromatic nitrogens is 10. The minimum Gasteiger partial charge on any atom is -0.309 e. The van der Waals surface area contributed by atoms with Crippen molar-refractivity contribution in [2.24, 2.45) is 0 Å². The lowest BCUT2D eigenvalue weighted by molar-refractivity contribution is 1.01. The minimum atomic E-state index is 0.643. The molecule has 0 bridgehead atoms. The average molecular weight is 1810 g/mol. The number of hydrogen-bond acceptors (Lipinski definition) is 10. The van der Waals surface area contributed by atoms with Crippen molar-refractivity contribution in [1.82, 2.24) is 48.6 Å². The second-order valence-corrected chi connectivity index (χ2v) is 38.4. The van der Waals surface area contributed by atoms with E-state index in [9.17, 15) is 0 Å². The third-order valence-electron chi connectivity index (χ3n) is 27.5. The van der Waals surface area contributed by atoms with Crippen molar-refractivity contribution in [2.45, 2.75) is 0 Å². The molecule has 0 aliphatic rings. The molecule has 0 amide bonds. The van der Waals surface area contributed by atoms with Gasteiger partial charge >= 0.3 is 0 Å². The molecule has 0 aliphatic carbocycles. The first-order valence-electron chi connectivity index (χ1n) is 46.4. The summed E-state index contributed by atoms with van der Waals surface area (Å²) in [6.07, 6.45) is 0. The lowest BCUT2D eigenvalue weighted by atomic mass is 10.00. The van der Waals surface area contributed by atoms with Gasteiger partial charge in [-0.15, -0.1) is 34.0 Å². The molecule has 0 aliphatic heterocycles. The number of benzene rings is 21. The normalized spacial score (nSPS) is 11.9. The van der Waals surface area contributed by atoms with Crippen LogP contribution in [0.3, 0.4) is 0 Å². The molecule has 642 valence electrons. The fourth-order valence-electron chi connectivity index (χ4n) is 21.2. The molecule has 0 radical (unpaired) electrons. The van der Waals surface area contributed by atoms with Crippen LogP contribution in [0.5, 0.6) is 0 Å². The van der Waals surface area contributed by atoms with Crippen molar-refractivity contribution < 1.29 is 0 Å². The van der Waals surface area contributed by atoms with Crippen LogP contribution in [0.15, 0.2) is 449 Å². The Morgan fingerprint density at radius 3 is 1.00 bits per heavy atom. The van der Waals surface area contributed by atoms with Crippen molar-refractivity contribution in [3.05, 3.63) is 449 Å². The third-order valence-corrected chi connectivity index (χ3v) is 31.1. The molecule has 9 heterocycles. The Balaban J connectivity index is 0.000000103. The van der Waals surface area contributed by atoms with Crippen LogP contribution in [-0.4, -0.2) is 48.6 Å². The molecule has 0 saturated carbocycles. The summed E-state index contributed by atoms with van der Waals surface area (Å²) < 4.78 is 14.5. The van der Waals surface area contributed by atoms with E-state index in [1.54, 1.807) is 0 Å². The van der Waals surface area contributed by atoms with Crippen LogP contribution < -0.4 is 0 Å². The number of hydrogen-bond donors (Lipinski definition) is 0. The molecule has 0 unspecified atom stereocenters. The van der Waals surface area contributed by atoms with Crippen LogP contribution in [0.4, 0.5) is 0 Å². The SMILES string of the molecule is c1ccc(-c2ccc3c(c2)c2ccccc2n3-c2nc(-c3cccc4c3sc3ccccc34)c3ccccc3n2)cc1.c1ccc(-c2nc(-c3ccc(-n4c5ccc6ccccc6c5c5c6ccccc6ccc54)cc3)nc(-c3ccc4sc5ccccc5c4c3)n2)cc1.c1ccc2c(c1)ccc1c2c2c3ccccc3ccc2n1-c1nc(-c2cccc3c2sc2ccccc23)c2ccccc2n1. The standard InChI is InChI=1S/C47H28N4S.C40H23N3S.C38H23N3S/c1-2-12-31(13-3-1)45-48-46(50-47(49-45)33-22-27-42-38(28-33)37-16-8-9-17-41(37)52-42)32-18-23-34(24-19-32)51-39-25-20-29-10-4-6-14-35(29)43(39)44-36-15-7-5-11-30(36)21-26-40(44)51;1-3-12-26-24(10-1)20-22-33-36(26)37-27-13-4-2-11-25(27)21-23-34(37)43(33)40-41-32-18-7-5-15-30(32)38(42-40)31-17-9-16-29-28-14-6-8-19-35(28)44-39(29)31;1-2-11-24(12-3-1)25-21-22-34-31(23-25)26-13-5-8-19-33(26)41(34)38-39-32-18-7-4-15-29(32)36(40-38)30-17-10-16-28-27-14-6-9-20-35(27)42-37(28)30/h1-28H;1-23H;1-23H. The zero-order valence-corrected chi connectivity index (χ0v) is 76.4. The lowest BCUT2D eigenvalue weighted by Crippen LogP contribution is -2.03. The Bertz CT molecular complexity index is 10100. The van der Waals surface area contributed by atoms with Gasteiger partial charge in [-0.2, -0.15) is 0 Å². The highest BCUT2D eigenvalue weighted by Gasteiger charge is 2.27. The van der Waals surface area contributed by atoms with Crippen LogP contribution >= 0.6 is 34.0 Å². The Labute approximate surface area is 801 Å². The summed E-state index contributed by atoms with van der Waals surface area (Å²) in [4.78, 5) is 36.4. The number of rotatable bonds is 9. The fourth-order valence-corrected chi connectivity index (χ4v) is 24.7. The van der Waals surface area contributed by atoms with Gasteiger partial charge in [0.05, 0.1) is 55.5 Å². The topological polar surface area (TPSA) is 105 Å². The summed E-state index contributed by atoms with van der Waals surface area (Å²) >= 11 is 5.48. The van der Waals surface area contributed by atoms with Crippen LogP contribution in [-0.2, 0) is 0 Å². The van der Waals surface area contributed by atoms with Crippen molar-refractivity contribution >= 4 is 225 Å². The van der Waals surface area contributed by atoms with Gasteiger partial charge in [0, 0.05) is 137 Å². The second kappa shape index (κ2) is 32.1. The van der Waals surface area contributed by atoms with E-state index in [1.807, 2.05) is 52.2 Å². The largest absolute Gasteiger partial charge is 0.309 e. The molecule has 9 aromatic heterocycles. The number of nitrogens with zero attached hydrogens (tertiary/aromatic N) is 10. The summed E-state index contributed by atoms with van der Waals surface area (Å²) in [5.41, 5.74) is 19.2. The molecule has 30 rings (SSSR count). The molecule has 0 saturated heterocycles. The van der Waals surface area contributed by atoms with Crippen molar-refractivity contribution in [3.63, 3.8) is 0 Å². The summed E-state index contributed by atoms with van der Waals surface area (Å²) in [7, 11) is 0. The van der Waals surface area contributed by atoms with E-state index in [0.29, 0.717) is 29.4 Å². The van der Waals surface area contributed by atoms with Crippen LogP contribution in [0.1, 0.15) is 0 Å². The predicted molar refractivity (Wildman–Crippen MR) is 583 cm³/mol. The minimum absolute atomic E-state index is 0.643. The van der Waals surface area contributed by atoms with Gasteiger partial charge in [-0.1, -0.05) is 334 Å². The maximum Gasteiger partial charge on any atom is 0.235 e. The summed E-state index contributed by atoms with van der Waals surface area (Å²) in [6, 6.07) is 160. The highest BCUT2D eigenvalue weighted by Crippen LogP contribution is 2.49. The van der Waals surface area contributed by atoms with E-state index in [0.717, 1.165) is 88.8 Å². The molecular formula is C125H74N10S3. The Hall–Kier alpha value is -17.6. The first-order chi connectivity index (χ1) is 68.4. The Morgan fingerprint density at radius 1 is 0.174 bits per heavy atom. The van der Waals surface area contributed by atoms with Crippen molar-refractivity contribution in [1.29, 1.82) is 0 Å². The molecule has 0 fully saturated rings. The molecule has 30 aromatic rings. The second-order valence-electron chi connectivity index (χ2n) is 35.2. The van der Waals surface area contributed by atoms with E-state index < -0.39 is 0 Å². The first kappa shape index (κ1) is 79.0. The highest BCUT2D eigenvalue weighted by atomic mass is 32.1. The average Bonchev–Trinajstić information content (AvgIpc) is 1.56. The summed E-state index contributed by atoms with van der Waals surface area (Å²) in [5, 5.41) is 27.0. The maximum atomic E-state index is 5.45. The molecule has 13 heteroatoms. The van der Waals surface area contributed by atoms with Crippen molar-refractivity contribution in [2.75, 3.05) is 0 Å². The smallest absolute Gasteiger partial charge is 0.235 e. The maximum absolute atomic E-state index is 5.45. The zero-order chi connectivity index (χ0) is 90.6. The van der Waals surface area contributed by atoms with Gasteiger partial charge in [0.1, 0.15) is 0 Å². The Morgan fingerprint density at radius 2 is 0.507 bits per heavy atom. The fraction of sp³-hybridized carbons (Fsp3) is 0. The quantitative estimate of drug-likeness (QED) is 0.142. The summed E-state index contributed by atoms with van der Waals surface area (Å²) in [5.74, 6) is 3.32. The van der Waals surface area contributed by atoms with E-state index in [1.165, 1.54) is 158 Å². The van der Waals surface area contributed by atoms with E-state index in [-0.39, 0.29) is 0 Å². The van der Waals surface area contributed by atoms with E-state index in [4.69, 9.17) is 34.9 Å². The zero-order valence-electron chi connectivity index (χ0n) is 73.9. The monoisotopic (exact) mass is 1810 g/mol. The molecule has 10 nitrogen and oxygen atoms in total. The molecule has 138 heavy (non-hydrogen) atoms. The van der Waals surface area contributed by atoms with Crippen LogP contribution in [0.2, 0.25) is 0 Å². The van der Waals surface area contributed by atoms with Crippen LogP contribution in [0.25, 0.3) is 276 Å². The Kier molecular flexibility index (Phi) is 18.4. The molecule has 0 atom stereocenters.